The van der Waals surface area contributed by atoms with Crippen LogP contribution in [0.3, 0.4) is 0 Å². The number of nitrogens with one attached hydrogen (secondary N) is 1. The summed E-state index contributed by atoms with van der Waals surface area (Å²) in [7, 11) is 0. The first-order valence-corrected chi connectivity index (χ1v) is 6.46. The van der Waals surface area contributed by atoms with Crippen LogP contribution in [0.15, 0.2) is 28.9 Å². The molecule has 0 bridgehead atoms. The zero-order valence-electron chi connectivity index (χ0n) is 10.3. The Kier molecular flexibility index (Phi) is 3.13. The van der Waals surface area contributed by atoms with Crippen LogP contribution in [0.2, 0.25) is 0 Å². The molecular formula is C14H16BrNO. The lowest BCUT2D eigenvalue weighted by molar-refractivity contribution is -0.118. The van der Waals surface area contributed by atoms with Crippen molar-refractivity contribution in [3.63, 3.8) is 0 Å². The van der Waals surface area contributed by atoms with E-state index in [1.54, 1.807) is 6.92 Å². The van der Waals surface area contributed by atoms with Crippen LogP contribution in [0.4, 0.5) is 0 Å². The lowest BCUT2D eigenvalue weighted by Crippen LogP contribution is -2.20. The number of para-hydroxylation sites is 1. The van der Waals surface area contributed by atoms with Crippen molar-refractivity contribution in [2.24, 2.45) is 0 Å². The summed E-state index contributed by atoms with van der Waals surface area (Å²) >= 11 is 3.53. The van der Waals surface area contributed by atoms with Gasteiger partial charge >= 0.3 is 0 Å². The summed E-state index contributed by atoms with van der Waals surface area (Å²) in [5.74, 6) is 0.222. The third-order valence-corrected chi connectivity index (χ3v) is 3.75. The molecular weight excluding hydrogens is 278 g/mol. The monoisotopic (exact) mass is 293 g/mol. The Bertz CT molecular complexity index is 569. The molecule has 2 aromatic rings. The lowest BCUT2D eigenvalue weighted by Gasteiger charge is -2.22. The topological polar surface area (TPSA) is 32.9 Å². The number of fused-ring (bicyclic) bond motifs is 1. The molecule has 0 atom stereocenters. The molecule has 0 spiro atoms. The molecule has 0 saturated carbocycles. The van der Waals surface area contributed by atoms with Gasteiger partial charge in [0, 0.05) is 22.5 Å². The molecule has 0 aliphatic carbocycles. The van der Waals surface area contributed by atoms with Crippen LogP contribution in [-0.4, -0.2) is 10.8 Å². The predicted octanol–water partition coefficient (Wildman–Crippen LogP) is 4.19. The molecule has 90 valence electrons. The van der Waals surface area contributed by atoms with E-state index in [1.165, 1.54) is 10.9 Å². The van der Waals surface area contributed by atoms with Gasteiger partial charge in [-0.3, -0.25) is 4.79 Å². The highest BCUT2D eigenvalue weighted by atomic mass is 79.9. The van der Waals surface area contributed by atoms with E-state index in [0.717, 1.165) is 9.99 Å². The van der Waals surface area contributed by atoms with Gasteiger partial charge < -0.3 is 4.98 Å². The highest BCUT2D eigenvalue weighted by Crippen LogP contribution is 2.35. The van der Waals surface area contributed by atoms with Crippen LogP contribution >= 0.6 is 15.9 Å². The highest BCUT2D eigenvalue weighted by molar-refractivity contribution is 9.10. The fourth-order valence-electron chi connectivity index (χ4n) is 2.39. The summed E-state index contributed by atoms with van der Waals surface area (Å²) in [4.78, 5) is 14.6. The largest absolute Gasteiger partial charge is 0.360 e. The number of carbonyl (C=O) groups is 1. The molecule has 2 nitrogen and oxygen atoms in total. The second kappa shape index (κ2) is 4.30. The average molecular weight is 294 g/mol. The minimum absolute atomic E-state index is 0.134. The standard InChI is InChI=1S/C14H16BrNO/c1-9(17)7-14(2,3)11-8-16-13-10(11)5-4-6-12(13)15/h4-6,8,16H,7H2,1-3H3. The van der Waals surface area contributed by atoms with E-state index in [4.69, 9.17) is 0 Å². The average Bonchev–Trinajstić information content (AvgIpc) is 2.61. The summed E-state index contributed by atoms with van der Waals surface area (Å²) < 4.78 is 1.06. The summed E-state index contributed by atoms with van der Waals surface area (Å²) in [5, 5.41) is 1.19. The Hall–Kier alpha value is -1.09. The maximum atomic E-state index is 11.3. The summed E-state index contributed by atoms with van der Waals surface area (Å²) in [6.07, 6.45) is 2.57. The minimum Gasteiger partial charge on any atom is -0.360 e. The third kappa shape index (κ3) is 2.29. The first-order valence-electron chi connectivity index (χ1n) is 5.67. The summed E-state index contributed by atoms with van der Waals surface area (Å²) in [6.45, 7) is 5.86. The lowest BCUT2D eigenvalue weighted by atomic mass is 9.80. The van der Waals surface area contributed by atoms with Crippen LogP contribution in [0.25, 0.3) is 10.9 Å². The van der Waals surface area contributed by atoms with E-state index >= 15 is 0 Å². The van der Waals surface area contributed by atoms with E-state index in [0.29, 0.717) is 6.42 Å². The quantitative estimate of drug-likeness (QED) is 0.904. The summed E-state index contributed by atoms with van der Waals surface area (Å²) in [6, 6.07) is 6.13. The van der Waals surface area contributed by atoms with Crippen molar-refractivity contribution in [3.8, 4) is 0 Å². The first kappa shape index (κ1) is 12.4. The van der Waals surface area contributed by atoms with E-state index in [9.17, 15) is 4.79 Å². The Morgan fingerprint density at radius 1 is 1.41 bits per heavy atom. The molecule has 0 unspecified atom stereocenters. The van der Waals surface area contributed by atoms with Gasteiger partial charge in [-0.1, -0.05) is 26.0 Å². The SMILES string of the molecule is CC(=O)CC(C)(C)c1c[nH]c2c(Br)cccc12. The molecule has 1 aromatic carbocycles. The molecule has 0 saturated heterocycles. The Morgan fingerprint density at radius 3 is 2.76 bits per heavy atom. The number of rotatable bonds is 3. The van der Waals surface area contributed by atoms with Crippen LogP contribution in [0.1, 0.15) is 32.8 Å². The van der Waals surface area contributed by atoms with E-state index in [2.05, 4.69) is 40.8 Å². The van der Waals surface area contributed by atoms with Gasteiger partial charge in [-0.05, 0) is 39.9 Å². The molecule has 2 rings (SSSR count). The molecule has 0 aliphatic rings. The van der Waals surface area contributed by atoms with E-state index in [-0.39, 0.29) is 11.2 Å². The normalized spacial score (nSPS) is 12.0. The predicted molar refractivity (Wildman–Crippen MR) is 74.3 cm³/mol. The van der Waals surface area contributed by atoms with Crippen LogP contribution in [0, 0.1) is 0 Å². The van der Waals surface area contributed by atoms with E-state index in [1.807, 2.05) is 18.3 Å². The molecule has 1 aromatic heterocycles. The number of hydrogen-bond donors (Lipinski definition) is 1. The first-order chi connectivity index (χ1) is 7.92. The van der Waals surface area contributed by atoms with Gasteiger partial charge in [0.15, 0.2) is 0 Å². The second-order valence-electron chi connectivity index (χ2n) is 5.13. The molecule has 0 fully saturated rings. The molecule has 0 amide bonds. The van der Waals surface area contributed by atoms with Gasteiger partial charge in [-0.2, -0.15) is 0 Å². The van der Waals surface area contributed by atoms with Crippen molar-refractivity contribution in [1.29, 1.82) is 0 Å². The van der Waals surface area contributed by atoms with E-state index < -0.39 is 0 Å². The van der Waals surface area contributed by atoms with Gasteiger partial charge in [-0.25, -0.2) is 0 Å². The summed E-state index contributed by atoms with van der Waals surface area (Å²) in [5.41, 5.74) is 2.16. The number of Topliss-reactive ketones (excluding diaryl/α,β-unsaturated/α-hetero) is 1. The van der Waals surface area contributed by atoms with Crippen molar-refractivity contribution in [1.82, 2.24) is 4.98 Å². The number of aromatic amines is 1. The fraction of sp³-hybridized carbons (Fsp3) is 0.357. The van der Waals surface area contributed by atoms with Crippen molar-refractivity contribution >= 4 is 32.6 Å². The number of H-pyrrole nitrogens is 1. The Labute approximate surface area is 110 Å². The molecule has 1 N–H and O–H groups in total. The van der Waals surface area contributed by atoms with Crippen LogP contribution < -0.4 is 0 Å². The van der Waals surface area contributed by atoms with Crippen molar-refractivity contribution in [3.05, 3.63) is 34.4 Å². The molecule has 0 aliphatic heterocycles. The molecule has 3 heteroatoms. The number of aromatic nitrogens is 1. The van der Waals surface area contributed by atoms with Crippen LogP contribution in [0.5, 0.6) is 0 Å². The van der Waals surface area contributed by atoms with Crippen molar-refractivity contribution in [2.45, 2.75) is 32.6 Å². The number of halogens is 1. The third-order valence-electron chi connectivity index (χ3n) is 3.08. The molecule has 0 radical (unpaired) electrons. The molecule has 1 heterocycles. The number of ketones is 1. The Balaban J connectivity index is 2.56. The smallest absolute Gasteiger partial charge is 0.130 e. The van der Waals surface area contributed by atoms with Gasteiger partial charge in [0.25, 0.3) is 0 Å². The van der Waals surface area contributed by atoms with Crippen molar-refractivity contribution < 1.29 is 4.79 Å². The minimum atomic E-state index is -0.134. The maximum absolute atomic E-state index is 11.3. The van der Waals surface area contributed by atoms with Gasteiger partial charge in [-0.15, -0.1) is 0 Å². The maximum Gasteiger partial charge on any atom is 0.130 e. The van der Waals surface area contributed by atoms with Gasteiger partial charge in [0.05, 0.1) is 5.52 Å². The Morgan fingerprint density at radius 2 is 2.12 bits per heavy atom. The molecule has 17 heavy (non-hydrogen) atoms. The van der Waals surface area contributed by atoms with Gasteiger partial charge in [0.2, 0.25) is 0 Å². The zero-order valence-corrected chi connectivity index (χ0v) is 11.9. The number of carbonyl (C=O) groups excluding carboxylic acids is 1. The number of hydrogen-bond acceptors (Lipinski definition) is 1. The number of benzene rings is 1. The van der Waals surface area contributed by atoms with Crippen LogP contribution in [-0.2, 0) is 10.2 Å². The van der Waals surface area contributed by atoms with Gasteiger partial charge in [0.1, 0.15) is 5.78 Å². The highest BCUT2D eigenvalue weighted by Gasteiger charge is 2.25. The van der Waals surface area contributed by atoms with Crippen molar-refractivity contribution in [2.75, 3.05) is 0 Å². The fourth-order valence-corrected chi connectivity index (χ4v) is 2.88. The second-order valence-corrected chi connectivity index (χ2v) is 5.98. The zero-order chi connectivity index (χ0) is 12.6.